The van der Waals surface area contributed by atoms with Crippen molar-refractivity contribution in [1.29, 1.82) is 0 Å². The van der Waals surface area contributed by atoms with Gasteiger partial charge in [-0.1, -0.05) is 29.6 Å². The van der Waals surface area contributed by atoms with Gasteiger partial charge in [-0.3, -0.25) is 9.59 Å². The summed E-state index contributed by atoms with van der Waals surface area (Å²) in [5, 5.41) is 15.3. The van der Waals surface area contributed by atoms with E-state index < -0.39 is 11.8 Å². The molecule has 0 bridgehead atoms. The molecule has 2 unspecified atom stereocenters. The minimum absolute atomic E-state index is 0.208. The number of nitrogens with one attached hydrogen (secondary N) is 2. The van der Waals surface area contributed by atoms with Crippen LogP contribution < -0.4 is 10.6 Å². The third kappa shape index (κ3) is 4.87. The van der Waals surface area contributed by atoms with Crippen molar-refractivity contribution in [2.75, 3.05) is 11.9 Å². The topological polar surface area (TPSA) is 78.4 Å². The van der Waals surface area contributed by atoms with Gasteiger partial charge >= 0.3 is 11.8 Å². The fraction of sp³-hybridized carbons (Fsp3) is 0.467. The number of carbonyl (C=O) groups excluding carboxylic acids is 2. The smallest absolute Gasteiger partial charge is 0.313 e. The van der Waals surface area contributed by atoms with Crippen LogP contribution in [0.1, 0.15) is 25.7 Å². The molecule has 5 nitrogen and oxygen atoms in total. The van der Waals surface area contributed by atoms with Gasteiger partial charge in [0.1, 0.15) is 0 Å². The van der Waals surface area contributed by atoms with Crippen molar-refractivity contribution < 1.29 is 14.7 Å². The standard InChI is InChI=1S/C15H18Cl2N2O3/c16-10-4-5-13(12(17)7-10)19-15(22)14(21)18-8-9-2-1-3-11(20)6-9/h4-5,7,9,11,20H,1-3,6,8H2,(H,18,21)(H,19,22). The first-order chi connectivity index (χ1) is 10.5. The van der Waals surface area contributed by atoms with Crippen LogP contribution in [0.2, 0.25) is 10.0 Å². The first-order valence-corrected chi connectivity index (χ1v) is 7.93. The number of hydrogen-bond acceptors (Lipinski definition) is 3. The average Bonchev–Trinajstić information content (AvgIpc) is 2.47. The number of benzene rings is 1. The predicted octanol–water partition coefficient (Wildman–Crippen LogP) is 2.60. The second-order valence-corrected chi connectivity index (χ2v) is 6.32. The maximum Gasteiger partial charge on any atom is 0.313 e. The lowest BCUT2D eigenvalue weighted by Crippen LogP contribution is -2.39. The fourth-order valence-corrected chi connectivity index (χ4v) is 2.99. The van der Waals surface area contributed by atoms with Gasteiger partial charge in [-0.2, -0.15) is 0 Å². The van der Waals surface area contributed by atoms with Gasteiger partial charge < -0.3 is 15.7 Å². The molecule has 1 aliphatic rings. The van der Waals surface area contributed by atoms with E-state index >= 15 is 0 Å². The van der Waals surface area contributed by atoms with Gasteiger partial charge in [0, 0.05) is 11.6 Å². The van der Waals surface area contributed by atoms with Crippen molar-refractivity contribution in [2.45, 2.75) is 31.8 Å². The summed E-state index contributed by atoms with van der Waals surface area (Å²) in [7, 11) is 0. The summed E-state index contributed by atoms with van der Waals surface area (Å²) in [6.07, 6.45) is 3.04. The molecule has 1 aliphatic carbocycles. The van der Waals surface area contributed by atoms with Crippen molar-refractivity contribution in [3.63, 3.8) is 0 Å². The molecule has 2 amide bonds. The Hall–Kier alpha value is -1.30. The second kappa shape index (κ2) is 7.81. The van der Waals surface area contributed by atoms with Gasteiger partial charge in [0.2, 0.25) is 0 Å². The third-order valence-electron chi connectivity index (χ3n) is 3.69. The first-order valence-electron chi connectivity index (χ1n) is 7.18. The molecule has 0 heterocycles. The van der Waals surface area contributed by atoms with Gasteiger partial charge in [-0.05, 0) is 43.4 Å². The first kappa shape index (κ1) is 17.1. The molecular formula is C15H18Cl2N2O3. The van der Waals surface area contributed by atoms with Gasteiger partial charge in [0.05, 0.1) is 16.8 Å². The number of carbonyl (C=O) groups is 2. The molecule has 0 aromatic heterocycles. The molecule has 3 N–H and O–H groups in total. The van der Waals surface area contributed by atoms with E-state index in [1.807, 2.05) is 0 Å². The van der Waals surface area contributed by atoms with E-state index in [2.05, 4.69) is 10.6 Å². The number of aliphatic hydroxyl groups excluding tert-OH is 1. The monoisotopic (exact) mass is 344 g/mol. The van der Waals surface area contributed by atoms with E-state index in [0.717, 1.165) is 19.3 Å². The predicted molar refractivity (Wildman–Crippen MR) is 86.1 cm³/mol. The van der Waals surface area contributed by atoms with Crippen LogP contribution in [0, 0.1) is 5.92 Å². The summed E-state index contributed by atoms with van der Waals surface area (Å²) in [5.41, 5.74) is 0.333. The maximum absolute atomic E-state index is 11.8. The fourth-order valence-electron chi connectivity index (χ4n) is 2.54. The Morgan fingerprint density at radius 2 is 2.00 bits per heavy atom. The molecule has 120 valence electrons. The lowest BCUT2D eigenvalue weighted by Gasteiger charge is -2.25. The van der Waals surface area contributed by atoms with E-state index in [1.54, 1.807) is 6.07 Å². The molecule has 0 radical (unpaired) electrons. The van der Waals surface area contributed by atoms with Gasteiger partial charge in [0.15, 0.2) is 0 Å². The van der Waals surface area contributed by atoms with Crippen LogP contribution >= 0.6 is 23.2 Å². The Kier molecular flexibility index (Phi) is 6.06. The minimum Gasteiger partial charge on any atom is -0.393 e. The number of halogens is 2. The summed E-state index contributed by atoms with van der Waals surface area (Å²) < 4.78 is 0. The zero-order valence-corrected chi connectivity index (χ0v) is 13.5. The molecule has 0 saturated heterocycles. The Morgan fingerprint density at radius 3 is 2.68 bits per heavy atom. The molecule has 0 spiro atoms. The molecule has 1 aromatic rings. The van der Waals surface area contributed by atoms with Gasteiger partial charge in [-0.15, -0.1) is 0 Å². The van der Waals surface area contributed by atoms with Crippen molar-refractivity contribution in [2.24, 2.45) is 5.92 Å². The molecule has 7 heteroatoms. The van der Waals surface area contributed by atoms with Crippen molar-refractivity contribution >= 4 is 40.7 Å². The van der Waals surface area contributed by atoms with Crippen LogP contribution in [0.25, 0.3) is 0 Å². The quantitative estimate of drug-likeness (QED) is 0.737. The highest BCUT2D eigenvalue weighted by atomic mass is 35.5. The Balaban J connectivity index is 1.83. The maximum atomic E-state index is 11.8. The van der Waals surface area contributed by atoms with Crippen LogP contribution in [-0.4, -0.2) is 29.6 Å². The van der Waals surface area contributed by atoms with Crippen LogP contribution in [0.3, 0.4) is 0 Å². The molecule has 1 aromatic carbocycles. The Labute approximate surface area is 139 Å². The van der Waals surface area contributed by atoms with E-state index in [4.69, 9.17) is 23.2 Å². The minimum atomic E-state index is -0.777. The highest BCUT2D eigenvalue weighted by molar-refractivity contribution is 6.42. The molecule has 2 rings (SSSR count). The zero-order valence-electron chi connectivity index (χ0n) is 11.9. The molecule has 0 aliphatic heterocycles. The zero-order chi connectivity index (χ0) is 16.1. The number of hydrogen-bond donors (Lipinski definition) is 3. The van der Waals surface area contributed by atoms with Crippen molar-refractivity contribution in [3.05, 3.63) is 28.2 Å². The average molecular weight is 345 g/mol. The number of amides is 2. The van der Waals surface area contributed by atoms with Crippen LogP contribution in [0.5, 0.6) is 0 Å². The summed E-state index contributed by atoms with van der Waals surface area (Å²) in [4.78, 5) is 23.6. The van der Waals surface area contributed by atoms with Crippen molar-refractivity contribution in [3.8, 4) is 0 Å². The van der Waals surface area contributed by atoms with Crippen LogP contribution in [0.15, 0.2) is 18.2 Å². The Bertz CT molecular complexity index is 566. The van der Waals surface area contributed by atoms with Gasteiger partial charge in [0.25, 0.3) is 0 Å². The molecule has 22 heavy (non-hydrogen) atoms. The summed E-state index contributed by atoms with van der Waals surface area (Å²) >= 11 is 11.7. The number of anilines is 1. The van der Waals surface area contributed by atoms with E-state index in [1.165, 1.54) is 12.1 Å². The second-order valence-electron chi connectivity index (χ2n) is 5.47. The SMILES string of the molecule is O=C(NCC1CCCC(O)C1)C(=O)Nc1ccc(Cl)cc1Cl. The lowest BCUT2D eigenvalue weighted by molar-refractivity contribution is -0.136. The molecular weight excluding hydrogens is 327 g/mol. The van der Waals surface area contributed by atoms with Crippen LogP contribution in [-0.2, 0) is 9.59 Å². The van der Waals surface area contributed by atoms with E-state index in [0.29, 0.717) is 23.7 Å². The highest BCUT2D eigenvalue weighted by Gasteiger charge is 2.22. The summed E-state index contributed by atoms with van der Waals surface area (Å²) in [6.45, 7) is 0.387. The molecule has 1 fully saturated rings. The van der Waals surface area contributed by atoms with E-state index in [-0.39, 0.29) is 17.0 Å². The largest absolute Gasteiger partial charge is 0.393 e. The summed E-state index contributed by atoms with van der Waals surface area (Å²) in [6, 6.07) is 4.59. The highest BCUT2D eigenvalue weighted by Crippen LogP contribution is 2.25. The molecule has 1 saturated carbocycles. The third-order valence-corrected chi connectivity index (χ3v) is 4.24. The van der Waals surface area contributed by atoms with E-state index in [9.17, 15) is 14.7 Å². The number of rotatable bonds is 3. The Morgan fingerprint density at radius 1 is 1.23 bits per heavy atom. The number of aliphatic hydroxyl groups is 1. The normalized spacial score (nSPS) is 21.2. The van der Waals surface area contributed by atoms with Gasteiger partial charge in [-0.25, -0.2) is 0 Å². The van der Waals surface area contributed by atoms with Crippen LogP contribution in [0.4, 0.5) is 5.69 Å². The molecule has 2 atom stereocenters. The van der Waals surface area contributed by atoms with Crippen molar-refractivity contribution in [1.82, 2.24) is 5.32 Å². The lowest BCUT2D eigenvalue weighted by atomic mass is 9.87. The summed E-state index contributed by atoms with van der Waals surface area (Å²) in [5.74, 6) is -1.29.